The number of aromatic amines is 1. The first kappa shape index (κ1) is 21.0. The summed E-state index contributed by atoms with van der Waals surface area (Å²) in [5, 5.41) is 17.8. The van der Waals surface area contributed by atoms with E-state index in [1.54, 1.807) is 12.1 Å². The first-order valence-corrected chi connectivity index (χ1v) is 11.1. The summed E-state index contributed by atoms with van der Waals surface area (Å²) < 4.78 is 5.81. The highest BCUT2D eigenvalue weighted by molar-refractivity contribution is 6.00. The Hall–Kier alpha value is -3.28. The second kappa shape index (κ2) is 9.25. The Morgan fingerprint density at radius 2 is 1.81 bits per heavy atom. The number of aromatic nitrogens is 2. The Balaban J connectivity index is 1.74. The van der Waals surface area contributed by atoms with Gasteiger partial charge in [-0.25, -0.2) is 0 Å². The molecule has 0 bridgehead atoms. The zero-order chi connectivity index (χ0) is 21.8. The lowest BCUT2D eigenvalue weighted by Crippen LogP contribution is -2.30. The molecule has 0 radical (unpaired) electrons. The van der Waals surface area contributed by atoms with Crippen molar-refractivity contribution in [3.8, 4) is 22.8 Å². The van der Waals surface area contributed by atoms with Crippen LogP contribution in [0.3, 0.4) is 0 Å². The number of phenolic OH excluding ortho intramolecular Hbond substituents is 1. The van der Waals surface area contributed by atoms with Crippen molar-refractivity contribution in [3.05, 3.63) is 65.4 Å². The molecule has 6 nitrogen and oxygen atoms in total. The third kappa shape index (κ3) is 4.02. The largest absolute Gasteiger partial charge is 0.507 e. The van der Waals surface area contributed by atoms with E-state index in [1.807, 2.05) is 41.3 Å². The lowest BCUT2D eigenvalue weighted by molar-refractivity contribution is 0.0741. The number of phenols is 1. The fraction of sp³-hybridized carbons (Fsp3) is 0.360. The molecular weight excluding hydrogens is 390 g/mol. The SMILES string of the molecule is CCCCOc1ccc([C@H]2c3c(-c4ccccc4O)n[nH]c3C(=O)N2CCCC)cc1. The van der Waals surface area contributed by atoms with Gasteiger partial charge in [-0.1, -0.05) is 51.0 Å². The molecule has 0 aliphatic carbocycles. The molecule has 31 heavy (non-hydrogen) atoms. The molecular formula is C25H29N3O3. The van der Waals surface area contributed by atoms with Crippen molar-refractivity contribution in [1.82, 2.24) is 15.1 Å². The molecule has 4 rings (SSSR count). The topological polar surface area (TPSA) is 78.5 Å². The summed E-state index contributed by atoms with van der Waals surface area (Å²) in [5.74, 6) is 0.926. The summed E-state index contributed by atoms with van der Waals surface area (Å²) >= 11 is 0. The van der Waals surface area contributed by atoms with Crippen LogP contribution in [0, 0.1) is 0 Å². The molecule has 1 atom stereocenters. The van der Waals surface area contributed by atoms with Gasteiger partial charge in [0, 0.05) is 17.7 Å². The second-order valence-electron chi connectivity index (χ2n) is 7.90. The molecule has 1 amide bonds. The van der Waals surface area contributed by atoms with Crippen LogP contribution in [-0.4, -0.2) is 39.3 Å². The number of fused-ring (bicyclic) bond motifs is 1. The maximum Gasteiger partial charge on any atom is 0.273 e. The minimum atomic E-state index is -0.257. The van der Waals surface area contributed by atoms with Gasteiger partial charge in [0.2, 0.25) is 0 Å². The average Bonchev–Trinajstić information content (AvgIpc) is 3.32. The summed E-state index contributed by atoms with van der Waals surface area (Å²) in [6.45, 7) is 5.62. The van der Waals surface area contributed by atoms with E-state index in [2.05, 4.69) is 24.0 Å². The van der Waals surface area contributed by atoms with Crippen molar-refractivity contribution >= 4 is 5.91 Å². The number of hydrogen-bond donors (Lipinski definition) is 2. The molecule has 1 aliphatic heterocycles. The molecule has 0 saturated carbocycles. The zero-order valence-electron chi connectivity index (χ0n) is 18.1. The quantitative estimate of drug-likeness (QED) is 0.461. The van der Waals surface area contributed by atoms with E-state index in [-0.39, 0.29) is 17.7 Å². The molecule has 1 aliphatic rings. The summed E-state index contributed by atoms with van der Waals surface area (Å²) in [6.07, 6.45) is 4.03. The molecule has 0 unspecified atom stereocenters. The number of H-pyrrole nitrogens is 1. The molecule has 2 aromatic carbocycles. The van der Waals surface area contributed by atoms with E-state index >= 15 is 0 Å². The molecule has 1 aromatic heterocycles. The molecule has 6 heteroatoms. The van der Waals surface area contributed by atoms with Crippen LogP contribution in [0.1, 0.15) is 67.2 Å². The summed E-state index contributed by atoms with van der Waals surface area (Å²) in [5.41, 5.74) is 3.57. The molecule has 0 spiro atoms. The van der Waals surface area contributed by atoms with E-state index in [9.17, 15) is 9.90 Å². The Kier molecular flexibility index (Phi) is 6.26. The third-order valence-corrected chi connectivity index (χ3v) is 5.74. The summed E-state index contributed by atoms with van der Waals surface area (Å²) in [4.78, 5) is 15.1. The van der Waals surface area contributed by atoms with Gasteiger partial charge in [0.05, 0.1) is 12.6 Å². The van der Waals surface area contributed by atoms with Crippen molar-refractivity contribution in [3.63, 3.8) is 0 Å². The van der Waals surface area contributed by atoms with Crippen LogP contribution in [-0.2, 0) is 0 Å². The lowest BCUT2D eigenvalue weighted by atomic mass is 9.95. The minimum absolute atomic E-state index is 0.0501. The van der Waals surface area contributed by atoms with Crippen molar-refractivity contribution in [2.24, 2.45) is 0 Å². The highest BCUT2D eigenvalue weighted by Gasteiger charge is 2.42. The van der Waals surface area contributed by atoms with Gasteiger partial charge in [-0.15, -0.1) is 0 Å². The number of carbonyl (C=O) groups excluding carboxylic acids is 1. The number of para-hydroxylation sites is 1. The minimum Gasteiger partial charge on any atom is -0.507 e. The Morgan fingerprint density at radius 1 is 1.06 bits per heavy atom. The van der Waals surface area contributed by atoms with Gasteiger partial charge in [0.15, 0.2) is 0 Å². The summed E-state index contributed by atoms with van der Waals surface area (Å²) in [6, 6.07) is 14.8. The van der Waals surface area contributed by atoms with E-state index in [0.717, 1.165) is 42.6 Å². The van der Waals surface area contributed by atoms with Crippen LogP contribution in [0.15, 0.2) is 48.5 Å². The fourth-order valence-corrected chi connectivity index (χ4v) is 4.06. The zero-order valence-corrected chi connectivity index (χ0v) is 18.1. The maximum absolute atomic E-state index is 13.2. The monoisotopic (exact) mass is 419 g/mol. The number of benzene rings is 2. The number of aromatic hydroxyl groups is 1. The van der Waals surface area contributed by atoms with Gasteiger partial charge < -0.3 is 14.7 Å². The first-order chi connectivity index (χ1) is 15.2. The van der Waals surface area contributed by atoms with Crippen molar-refractivity contribution < 1.29 is 14.6 Å². The van der Waals surface area contributed by atoms with Crippen LogP contribution in [0.4, 0.5) is 0 Å². The number of amides is 1. The van der Waals surface area contributed by atoms with Crippen molar-refractivity contribution in [2.75, 3.05) is 13.2 Å². The van der Waals surface area contributed by atoms with E-state index in [4.69, 9.17) is 4.74 Å². The number of carbonyl (C=O) groups is 1. The standard InChI is InChI=1S/C25H29N3O3/c1-3-5-15-28-24(17-11-13-18(14-12-17)31-16-6-4-2)21-22(26-27-23(21)25(28)30)19-9-7-8-10-20(19)29/h7-14,24,29H,3-6,15-16H2,1-2H3,(H,26,27)/t24-/m0/s1. The molecule has 162 valence electrons. The van der Waals surface area contributed by atoms with Crippen molar-refractivity contribution in [1.29, 1.82) is 0 Å². The normalized spacial score (nSPS) is 15.4. The second-order valence-corrected chi connectivity index (χ2v) is 7.90. The Morgan fingerprint density at radius 3 is 2.52 bits per heavy atom. The molecule has 0 fully saturated rings. The van der Waals surface area contributed by atoms with Gasteiger partial charge in [-0.3, -0.25) is 9.89 Å². The van der Waals surface area contributed by atoms with Crippen LogP contribution in [0.5, 0.6) is 11.5 Å². The Bertz CT molecular complexity index is 1040. The van der Waals surface area contributed by atoms with Crippen LogP contribution in [0.2, 0.25) is 0 Å². The number of nitrogens with zero attached hydrogens (tertiary/aromatic N) is 2. The number of ether oxygens (including phenoxy) is 1. The predicted octanol–water partition coefficient (Wildman–Crippen LogP) is 5.31. The van der Waals surface area contributed by atoms with Crippen LogP contribution in [0.25, 0.3) is 11.3 Å². The Labute approximate surface area is 182 Å². The molecule has 0 saturated heterocycles. The van der Waals surface area contributed by atoms with Crippen LogP contribution >= 0.6 is 0 Å². The van der Waals surface area contributed by atoms with Gasteiger partial charge in [0.25, 0.3) is 5.91 Å². The van der Waals surface area contributed by atoms with E-state index in [0.29, 0.717) is 30.1 Å². The number of nitrogens with one attached hydrogen (secondary N) is 1. The summed E-state index contributed by atoms with van der Waals surface area (Å²) in [7, 11) is 0. The van der Waals surface area contributed by atoms with Gasteiger partial charge in [-0.05, 0) is 42.7 Å². The van der Waals surface area contributed by atoms with Gasteiger partial charge in [0.1, 0.15) is 22.9 Å². The van der Waals surface area contributed by atoms with E-state index < -0.39 is 0 Å². The number of hydrogen-bond acceptors (Lipinski definition) is 4. The van der Waals surface area contributed by atoms with Gasteiger partial charge >= 0.3 is 0 Å². The highest BCUT2D eigenvalue weighted by atomic mass is 16.5. The molecule has 2 heterocycles. The van der Waals surface area contributed by atoms with Crippen molar-refractivity contribution in [2.45, 2.75) is 45.6 Å². The fourth-order valence-electron chi connectivity index (χ4n) is 4.06. The highest BCUT2D eigenvalue weighted by Crippen LogP contribution is 2.44. The maximum atomic E-state index is 13.2. The average molecular weight is 420 g/mol. The smallest absolute Gasteiger partial charge is 0.273 e. The van der Waals surface area contributed by atoms with Crippen LogP contribution < -0.4 is 4.74 Å². The number of unbranched alkanes of at least 4 members (excludes halogenated alkanes) is 2. The van der Waals surface area contributed by atoms with Gasteiger partial charge in [-0.2, -0.15) is 5.10 Å². The first-order valence-electron chi connectivity index (χ1n) is 11.1. The molecule has 2 N–H and O–H groups in total. The predicted molar refractivity (Wildman–Crippen MR) is 120 cm³/mol. The third-order valence-electron chi connectivity index (χ3n) is 5.74. The van der Waals surface area contributed by atoms with E-state index in [1.165, 1.54) is 0 Å². The number of rotatable bonds is 9. The lowest BCUT2D eigenvalue weighted by Gasteiger charge is -2.26. The molecule has 3 aromatic rings.